The Morgan fingerprint density at radius 2 is 1.53 bits per heavy atom. The van der Waals surface area contributed by atoms with Crippen molar-refractivity contribution < 1.29 is 19.1 Å². The summed E-state index contributed by atoms with van der Waals surface area (Å²) < 4.78 is 4.83. The zero-order chi connectivity index (χ0) is 22.1. The Hall–Kier alpha value is -3.15. The second-order valence-corrected chi connectivity index (χ2v) is 7.80. The average Bonchev–Trinajstić information content (AvgIpc) is 2.73. The maximum absolute atomic E-state index is 13.0. The summed E-state index contributed by atoms with van der Waals surface area (Å²) in [7, 11) is 1.29. The van der Waals surface area contributed by atoms with Gasteiger partial charge in [-0.2, -0.15) is 0 Å². The number of esters is 1. The van der Waals surface area contributed by atoms with Gasteiger partial charge in [-0.05, 0) is 37.0 Å². The molecule has 0 fully saturated rings. The SMILES string of the molecule is COC(=O)[C@H](CC(C)C)NC(=O)[C@@H](Cc1ccccc1)NC(=O)c1ccc(C)cc1. The molecule has 0 aliphatic rings. The van der Waals surface area contributed by atoms with Crippen LogP contribution in [0, 0.1) is 12.8 Å². The Kier molecular flexibility index (Phi) is 8.59. The highest BCUT2D eigenvalue weighted by Gasteiger charge is 2.28. The van der Waals surface area contributed by atoms with Gasteiger partial charge in [0.05, 0.1) is 7.11 Å². The van der Waals surface area contributed by atoms with E-state index in [-0.39, 0.29) is 11.8 Å². The predicted molar refractivity (Wildman–Crippen MR) is 116 cm³/mol. The van der Waals surface area contributed by atoms with Gasteiger partial charge in [-0.1, -0.05) is 61.9 Å². The topological polar surface area (TPSA) is 84.5 Å². The normalized spacial score (nSPS) is 12.7. The molecule has 0 aromatic heterocycles. The van der Waals surface area contributed by atoms with Gasteiger partial charge >= 0.3 is 5.97 Å². The molecule has 0 aliphatic carbocycles. The van der Waals surface area contributed by atoms with E-state index in [9.17, 15) is 14.4 Å². The van der Waals surface area contributed by atoms with Crippen LogP contribution in [0.25, 0.3) is 0 Å². The average molecular weight is 411 g/mol. The third-order valence-corrected chi connectivity index (χ3v) is 4.73. The quantitative estimate of drug-likeness (QED) is 0.623. The van der Waals surface area contributed by atoms with E-state index in [1.165, 1.54) is 7.11 Å². The molecule has 2 aromatic carbocycles. The van der Waals surface area contributed by atoms with Crippen molar-refractivity contribution in [2.24, 2.45) is 5.92 Å². The monoisotopic (exact) mass is 410 g/mol. The van der Waals surface area contributed by atoms with Crippen LogP contribution in [0.4, 0.5) is 0 Å². The van der Waals surface area contributed by atoms with Gasteiger partial charge in [0.2, 0.25) is 5.91 Å². The van der Waals surface area contributed by atoms with Crippen molar-refractivity contribution in [3.8, 4) is 0 Å². The standard InChI is InChI=1S/C24H30N2O4/c1-16(2)14-21(24(29)30-4)26-23(28)20(15-18-8-6-5-7-9-18)25-22(27)19-12-10-17(3)11-13-19/h5-13,16,20-21H,14-15H2,1-4H3,(H,25,27)(H,26,28)/t20-,21+/m1/s1. The number of amides is 2. The molecule has 160 valence electrons. The van der Waals surface area contributed by atoms with E-state index in [1.54, 1.807) is 12.1 Å². The fourth-order valence-electron chi connectivity index (χ4n) is 3.11. The number of hydrogen-bond acceptors (Lipinski definition) is 4. The van der Waals surface area contributed by atoms with Crippen molar-refractivity contribution >= 4 is 17.8 Å². The maximum atomic E-state index is 13.0. The summed E-state index contributed by atoms with van der Waals surface area (Å²) in [4.78, 5) is 37.9. The van der Waals surface area contributed by atoms with Gasteiger partial charge in [-0.15, -0.1) is 0 Å². The largest absolute Gasteiger partial charge is 0.467 e. The molecule has 0 unspecified atom stereocenters. The molecule has 0 saturated heterocycles. The van der Waals surface area contributed by atoms with Gasteiger partial charge < -0.3 is 15.4 Å². The number of carbonyl (C=O) groups is 3. The molecular weight excluding hydrogens is 380 g/mol. The lowest BCUT2D eigenvalue weighted by Crippen LogP contribution is -2.53. The van der Waals surface area contributed by atoms with E-state index in [0.717, 1.165) is 11.1 Å². The Morgan fingerprint density at radius 1 is 0.900 bits per heavy atom. The molecule has 2 amide bonds. The van der Waals surface area contributed by atoms with Crippen molar-refractivity contribution in [1.82, 2.24) is 10.6 Å². The number of rotatable bonds is 9. The lowest BCUT2D eigenvalue weighted by atomic mass is 10.0. The van der Waals surface area contributed by atoms with Crippen LogP contribution in [0.3, 0.4) is 0 Å². The highest BCUT2D eigenvalue weighted by molar-refractivity contribution is 5.98. The van der Waals surface area contributed by atoms with Crippen molar-refractivity contribution in [2.75, 3.05) is 7.11 Å². The minimum atomic E-state index is -0.833. The highest BCUT2D eigenvalue weighted by atomic mass is 16.5. The van der Waals surface area contributed by atoms with Gasteiger partial charge in [-0.3, -0.25) is 9.59 Å². The fourth-order valence-corrected chi connectivity index (χ4v) is 3.11. The first kappa shape index (κ1) is 23.1. The summed E-state index contributed by atoms with van der Waals surface area (Å²) in [6.45, 7) is 5.86. The van der Waals surface area contributed by atoms with Crippen LogP contribution >= 0.6 is 0 Å². The van der Waals surface area contributed by atoms with Gasteiger partial charge in [0.25, 0.3) is 5.91 Å². The number of benzene rings is 2. The van der Waals surface area contributed by atoms with Crippen molar-refractivity contribution in [2.45, 2.75) is 45.7 Å². The van der Waals surface area contributed by atoms with Crippen molar-refractivity contribution in [1.29, 1.82) is 0 Å². The molecule has 6 heteroatoms. The summed E-state index contributed by atoms with van der Waals surface area (Å²) in [5, 5.41) is 5.57. The number of carbonyl (C=O) groups excluding carboxylic acids is 3. The molecule has 0 bridgehead atoms. The summed E-state index contributed by atoms with van der Waals surface area (Å²) in [5.41, 5.74) is 2.42. The van der Waals surface area contributed by atoms with E-state index in [1.807, 2.05) is 63.2 Å². The van der Waals surface area contributed by atoms with Gasteiger partial charge in [0.15, 0.2) is 0 Å². The summed E-state index contributed by atoms with van der Waals surface area (Å²) in [6, 6.07) is 15.0. The Labute approximate surface area is 178 Å². The molecule has 6 nitrogen and oxygen atoms in total. The number of nitrogens with one attached hydrogen (secondary N) is 2. The van der Waals surface area contributed by atoms with E-state index in [0.29, 0.717) is 18.4 Å². The first-order chi connectivity index (χ1) is 14.3. The Bertz CT molecular complexity index is 847. The van der Waals surface area contributed by atoms with Crippen LogP contribution in [0.1, 0.15) is 41.8 Å². The van der Waals surface area contributed by atoms with Crippen LogP contribution in [-0.2, 0) is 20.7 Å². The van der Waals surface area contributed by atoms with Crippen LogP contribution in [0.2, 0.25) is 0 Å². The third-order valence-electron chi connectivity index (χ3n) is 4.73. The number of methoxy groups -OCH3 is 1. The van der Waals surface area contributed by atoms with Crippen LogP contribution in [0.15, 0.2) is 54.6 Å². The lowest BCUT2D eigenvalue weighted by Gasteiger charge is -2.23. The molecule has 0 saturated carbocycles. The van der Waals surface area contributed by atoms with E-state index >= 15 is 0 Å². The molecule has 2 N–H and O–H groups in total. The Balaban J connectivity index is 2.20. The minimum absolute atomic E-state index is 0.184. The third kappa shape index (κ3) is 7.03. The molecule has 0 aliphatic heterocycles. The molecule has 2 atom stereocenters. The summed E-state index contributed by atoms with van der Waals surface area (Å²) >= 11 is 0. The maximum Gasteiger partial charge on any atom is 0.328 e. The van der Waals surface area contributed by atoms with Crippen LogP contribution in [0.5, 0.6) is 0 Å². The van der Waals surface area contributed by atoms with E-state index in [4.69, 9.17) is 4.74 Å². The molecular formula is C24H30N2O4. The molecule has 0 spiro atoms. The molecule has 0 heterocycles. The van der Waals surface area contributed by atoms with Crippen molar-refractivity contribution in [3.63, 3.8) is 0 Å². The molecule has 2 rings (SSSR count). The second kappa shape index (κ2) is 11.1. The van der Waals surface area contributed by atoms with Gasteiger partial charge in [0.1, 0.15) is 12.1 Å². The Morgan fingerprint density at radius 3 is 2.10 bits per heavy atom. The van der Waals surface area contributed by atoms with Gasteiger partial charge in [0, 0.05) is 12.0 Å². The van der Waals surface area contributed by atoms with Crippen LogP contribution < -0.4 is 10.6 Å². The van der Waals surface area contributed by atoms with E-state index in [2.05, 4.69) is 10.6 Å². The molecule has 0 radical (unpaired) electrons. The van der Waals surface area contributed by atoms with Crippen molar-refractivity contribution in [3.05, 3.63) is 71.3 Å². The molecule has 30 heavy (non-hydrogen) atoms. The second-order valence-electron chi connectivity index (χ2n) is 7.80. The minimum Gasteiger partial charge on any atom is -0.467 e. The molecule has 2 aromatic rings. The van der Waals surface area contributed by atoms with E-state index < -0.39 is 24.0 Å². The van der Waals surface area contributed by atoms with Gasteiger partial charge in [-0.25, -0.2) is 4.79 Å². The predicted octanol–water partition coefficient (Wildman–Crippen LogP) is 3.04. The van der Waals surface area contributed by atoms with Crippen LogP contribution in [-0.4, -0.2) is 37.0 Å². The lowest BCUT2D eigenvalue weighted by molar-refractivity contribution is -0.145. The summed E-state index contributed by atoms with van der Waals surface area (Å²) in [6.07, 6.45) is 0.752. The zero-order valence-corrected chi connectivity index (χ0v) is 18.0. The highest BCUT2D eigenvalue weighted by Crippen LogP contribution is 2.10. The summed E-state index contributed by atoms with van der Waals surface area (Å²) in [5.74, 6) is -1.08. The number of hydrogen-bond donors (Lipinski definition) is 2. The fraction of sp³-hybridized carbons (Fsp3) is 0.375. The zero-order valence-electron chi connectivity index (χ0n) is 18.0. The number of ether oxygens (including phenoxy) is 1. The first-order valence-electron chi connectivity index (χ1n) is 10.1. The first-order valence-corrected chi connectivity index (χ1v) is 10.1. The number of aryl methyl sites for hydroxylation is 1. The smallest absolute Gasteiger partial charge is 0.328 e.